The molecule has 0 radical (unpaired) electrons. The van der Waals surface area contributed by atoms with Gasteiger partial charge in [0.25, 0.3) is 0 Å². The van der Waals surface area contributed by atoms with Crippen molar-refractivity contribution in [2.24, 2.45) is 23.7 Å². The highest BCUT2D eigenvalue weighted by Gasteiger charge is 2.65. The normalized spacial score (nSPS) is 25.8. The first-order valence-electron chi connectivity index (χ1n) is 18.4. The van der Waals surface area contributed by atoms with Crippen molar-refractivity contribution in [3.8, 4) is 23.7 Å². The largest absolute Gasteiger partial charge is 0.316 e. The van der Waals surface area contributed by atoms with Crippen molar-refractivity contribution in [3.63, 3.8) is 0 Å². The van der Waals surface area contributed by atoms with Gasteiger partial charge in [0.2, 0.25) is 20.0 Å². The Balaban J connectivity index is 0.000000157. The van der Waals surface area contributed by atoms with Crippen LogP contribution in [0.4, 0.5) is 11.4 Å². The van der Waals surface area contributed by atoms with E-state index < -0.39 is 20.0 Å². The molecule has 8 nitrogen and oxygen atoms in total. The van der Waals surface area contributed by atoms with E-state index in [4.69, 9.17) is 0 Å². The molecule has 4 aromatic rings. The molecular weight excluding hydrogens is 793 g/mol. The third-order valence-corrected chi connectivity index (χ3v) is 12.9. The summed E-state index contributed by atoms with van der Waals surface area (Å²) in [4.78, 5) is 2.42. The summed E-state index contributed by atoms with van der Waals surface area (Å²) in [7, 11) is -6.45. The minimum absolute atomic E-state index is 0.137. The molecule has 2 heterocycles. The molecule has 4 aromatic carbocycles. The van der Waals surface area contributed by atoms with E-state index in [-0.39, 0.29) is 10.8 Å². The molecule has 0 bridgehead atoms. The van der Waals surface area contributed by atoms with Crippen molar-refractivity contribution in [1.29, 1.82) is 0 Å². The number of benzene rings is 4. The van der Waals surface area contributed by atoms with Crippen LogP contribution >= 0.6 is 15.9 Å². The average Bonchev–Trinajstić information content (AvgIpc) is 3.61. The van der Waals surface area contributed by atoms with Gasteiger partial charge in [-0.3, -0.25) is 14.3 Å². The van der Waals surface area contributed by atoms with E-state index in [0.29, 0.717) is 35.0 Å². The summed E-state index contributed by atoms with van der Waals surface area (Å²) in [5, 5.41) is 4.13. The number of hydrogen-bond acceptors (Lipinski definition) is 6. The Morgan fingerprint density at radius 2 is 1.09 bits per heavy atom. The van der Waals surface area contributed by atoms with Crippen molar-refractivity contribution in [3.05, 3.63) is 131 Å². The van der Waals surface area contributed by atoms with Gasteiger partial charge in [-0.2, -0.15) is 0 Å². The molecule has 0 amide bonds. The molecule has 3 N–H and O–H groups in total. The Hall–Kier alpha value is -4.10. The highest BCUT2D eigenvalue weighted by Crippen LogP contribution is 2.63. The lowest BCUT2D eigenvalue weighted by Gasteiger charge is -2.23. The zero-order valence-corrected chi connectivity index (χ0v) is 34.9. The number of fused-ring (bicyclic) bond motifs is 2. The van der Waals surface area contributed by atoms with E-state index in [1.807, 2.05) is 84.9 Å². The summed E-state index contributed by atoms with van der Waals surface area (Å²) in [6.07, 6.45) is 2.36. The lowest BCUT2D eigenvalue weighted by molar-refractivity contribution is 0.308. The van der Waals surface area contributed by atoms with Gasteiger partial charge in [-0.25, -0.2) is 16.8 Å². The summed E-state index contributed by atoms with van der Waals surface area (Å²) >= 11 is 3.23. The Morgan fingerprint density at radius 1 is 0.655 bits per heavy atom. The second kappa shape index (κ2) is 17.0. The highest BCUT2D eigenvalue weighted by atomic mass is 79.9. The third kappa shape index (κ3) is 10.2. The fraction of sp³-hybridized carbons (Fsp3) is 0.364. The Labute approximate surface area is 336 Å². The lowest BCUT2D eigenvalue weighted by Crippen LogP contribution is -2.29. The van der Waals surface area contributed by atoms with Crippen molar-refractivity contribution in [2.45, 2.75) is 24.7 Å². The van der Waals surface area contributed by atoms with Gasteiger partial charge in [-0.05, 0) is 96.4 Å². The second-order valence-electron chi connectivity index (χ2n) is 15.2. The van der Waals surface area contributed by atoms with Gasteiger partial charge in [0.05, 0.1) is 24.4 Å². The molecule has 288 valence electrons. The van der Waals surface area contributed by atoms with Gasteiger partial charge in [-0.1, -0.05) is 114 Å². The minimum Gasteiger partial charge on any atom is -0.316 e. The van der Waals surface area contributed by atoms with E-state index in [2.05, 4.69) is 85.3 Å². The van der Waals surface area contributed by atoms with Crippen molar-refractivity contribution in [2.75, 3.05) is 60.0 Å². The van der Waals surface area contributed by atoms with Crippen LogP contribution in [-0.2, 0) is 30.9 Å². The highest BCUT2D eigenvalue weighted by molar-refractivity contribution is 9.09. The summed E-state index contributed by atoms with van der Waals surface area (Å²) < 4.78 is 50.6. The first kappa shape index (κ1) is 40.6. The fourth-order valence-electron chi connectivity index (χ4n) is 8.44. The molecule has 4 atom stereocenters. The molecule has 4 fully saturated rings. The van der Waals surface area contributed by atoms with Crippen LogP contribution in [0.15, 0.2) is 109 Å². The van der Waals surface area contributed by atoms with Crippen LogP contribution in [0, 0.1) is 47.4 Å². The first-order chi connectivity index (χ1) is 26.2. The molecule has 55 heavy (non-hydrogen) atoms. The van der Waals surface area contributed by atoms with Crippen molar-refractivity contribution in [1.82, 2.24) is 10.2 Å². The Morgan fingerprint density at radius 3 is 1.53 bits per heavy atom. The van der Waals surface area contributed by atoms with Gasteiger partial charge < -0.3 is 5.32 Å². The molecule has 4 unspecified atom stereocenters. The smallest absolute Gasteiger partial charge is 0.229 e. The van der Waals surface area contributed by atoms with Crippen LogP contribution in [0.5, 0.6) is 0 Å². The monoisotopic (exact) mass is 840 g/mol. The molecule has 2 saturated heterocycles. The zero-order chi connectivity index (χ0) is 39.3. The number of hydrogen-bond donors (Lipinski definition) is 3. The molecule has 11 heteroatoms. The molecule has 4 aliphatic rings. The van der Waals surface area contributed by atoms with Gasteiger partial charge in [0, 0.05) is 46.4 Å². The molecule has 8 rings (SSSR count). The topological polar surface area (TPSA) is 108 Å². The van der Waals surface area contributed by atoms with E-state index in [0.717, 1.165) is 49.2 Å². The Bertz CT molecular complexity index is 2290. The Kier molecular flexibility index (Phi) is 12.5. The second-order valence-corrected chi connectivity index (χ2v) is 19.3. The molecule has 2 saturated carbocycles. The number of nitrogens with zero attached hydrogens (tertiary/aromatic N) is 1. The summed E-state index contributed by atoms with van der Waals surface area (Å²) in [6, 6.07) is 35.7. The quantitative estimate of drug-likeness (QED) is 0.145. The lowest BCUT2D eigenvalue weighted by atomic mass is 9.92. The zero-order valence-electron chi connectivity index (χ0n) is 31.7. The SMILES string of the molecule is BrCC#Cc1ccccc1.CC1(c2cccc(NS(C)(=O)=O)c2)C2CN(CC#Cc3ccccc3)CC21.CC1(c2cccc(NS(C)(=O)=O)c2)C2CNCC21. The van der Waals surface area contributed by atoms with Crippen LogP contribution in [-0.4, -0.2) is 72.3 Å². The predicted octanol–water partition coefficient (Wildman–Crippen LogP) is 6.53. The summed E-state index contributed by atoms with van der Waals surface area (Å²) in [6.45, 7) is 9.63. The fourth-order valence-corrected chi connectivity index (χ4v) is 9.69. The molecular formula is C44H49BrN4O4S2. The average molecular weight is 842 g/mol. The maximum Gasteiger partial charge on any atom is 0.229 e. The van der Waals surface area contributed by atoms with Crippen molar-refractivity contribution >= 4 is 47.4 Å². The minimum atomic E-state index is -3.25. The van der Waals surface area contributed by atoms with Crippen molar-refractivity contribution < 1.29 is 16.8 Å². The summed E-state index contributed by atoms with van der Waals surface area (Å²) in [5.41, 5.74) is 6.26. The van der Waals surface area contributed by atoms with Crippen LogP contribution in [0.25, 0.3) is 0 Å². The predicted molar refractivity (Wildman–Crippen MR) is 228 cm³/mol. The van der Waals surface area contributed by atoms with E-state index in [9.17, 15) is 16.8 Å². The van der Waals surface area contributed by atoms with Crippen LogP contribution < -0.4 is 14.8 Å². The van der Waals surface area contributed by atoms with Gasteiger partial charge in [0.1, 0.15) is 0 Å². The van der Waals surface area contributed by atoms with E-state index >= 15 is 0 Å². The first-order valence-corrected chi connectivity index (χ1v) is 23.3. The third-order valence-electron chi connectivity index (χ3n) is 11.4. The van der Waals surface area contributed by atoms with Gasteiger partial charge >= 0.3 is 0 Å². The number of piperidine rings is 2. The van der Waals surface area contributed by atoms with Gasteiger partial charge in [-0.15, -0.1) is 0 Å². The standard InChI is InChI=1S/C22H24N2O2S.C13H18N2O2S.C9H7Br/c1-22(18-11-6-12-19(14-18)23-27(2,25)26)20-15-24(16-21(20)22)13-7-10-17-8-4-3-5-9-17;1-13(11-7-14-8-12(11)13)9-4-3-5-10(6-9)15-18(2,16)17;10-8-4-7-9-5-2-1-3-6-9/h3-6,8-9,11-12,14,20-21,23H,13,15-16H2,1-2H3;3-6,11-12,14-15H,7-8H2,1-2H3;1-3,5-6H,8H2. The van der Waals surface area contributed by atoms with Crippen LogP contribution in [0.3, 0.4) is 0 Å². The van der Waals surface area contributed by atoms with Crippen LogP contribution in [0.2, 0.25) is 0 Å². The molecule has 2 aliphatic heterocycles. The van der Waals surface area contributed by atoms with Crippen LogP contribution in [0.1, 0.15) is 36.1 Å². The molecule has 2 aliphatic carbocycles. The maximum absolute atomic E-state index is 11.5. The molecule has 0 aromatic heterocycles. The number of rotatable bonds is 7. The number of halogens is 1. The number of nitrogens with one attached hydrogen (secondary N) is 3. The maximum atomic E-state index is 11.5. The summed E-state index contributed by atoms with van der Waals surface area (Å²) in [5.74, 6) is 15.1. The number of alkyl halides is 1. The van der Waals surface area contributed by atoms with E-state index in [1.165, 1.54) is 23.6 Å². The number of anilines is 2. The number of sulfonamides is 2. The number of likely N-dealkylation sites (tertiary alicyclic amines) is 1. The van der Waals surface area contributed by atoms with Gasteiger partial charge in [0.15, 0.2) is 0 Å². The van der Waals surface area contributed by atoms with E-state index in [1.54, 1.807) is 12.1 Å². The molecule has 0 spiro atoms.